The minimum absolute atomic E-state index is 0.375. The van der Waals surface area contributed by atoms with Crippen LogP contribution in [-0.4, -0.2) is 24.3 Å². The van der Waals surface area contributed by atoms with Crippen molar-refractivity contribution in [3.8, 4) is 0 Å². The maximum absolute atomic E-state index is 8.93. The van der Waals surface area contributed by atoms with Crippen molar-refractivity contribution in [2.24, 2.45) is 11.8 Å². The second-order valence-electron chi connectivity index (χ2n) is 4.36. The summed E-state index contributed by atoms with van der Waals surface area (Å²) in [7, 11) is 0. The van der Waals surface area contributed by atoms with Crippen LogP contribution < -0.4 is 5.32 Å². The lowest BCUT2D eigenvalue weighted by Gasteiger charge is -2.14. The predicted octanol–water partition coefficient (Wildman–Crippen LogP) is 1.39. The van der Waals surface area contributed by atoms with Crippen LogP contribution in [0.5, 0.6) is 0 Å². The summed E-state index contributed by atoms with van der Waals surface area (Å²) in [5.41, 5.74) is 0. The Bertz CT molecular complexity index is 125. The van der Waals surface area contributed by atoms with Crippen LogP contribution in [0.25, 0.3) is 0 Å². The highest BCUT2D eigenvalue weighted by molar-refractivity contribution is 4.80. The zero-order valence-electron chi connectivity index (χ0n) is 8.21. The van der Waals surface area contributed by atoms with E-state index >= 15 is 0 Å². The minimum Gasteiger partial charge on any atom is -0.396 e. The molecule has 72 valence electrons. The van der Waals surface area contributed by atoms with Crippen molar-refractivity contribution in [1.82, 2.24) is 5.32 Å². The molecule has 2 nitrogen and oxygen atoms in total. The fourth-order valence-corrected chi connectivity index (χ4v) is 1.83. The molecular formula is C10H21NO. The fourth-order valence-electron chi connectivity index (χ4n) is 1.83. The molecular weight excluding hydrogens is 150 g/mol. The Hall–Kier alpha value is -0.0800. The number of hydrogen-bond acceptors (Lipinski definition) is 2. The van der Waals surface area contributed by atoms with Crippen molar-refractivity contribution in [3.05, 3.63) is 0 Å². The highest BCUT2D eigenvalue weighted by Crippen LogP contribution is 2.24. The van der Waals surface area contributed by atoms with E-state index in [0.717, 1.165) is 12.5 Å². The summed E-state index contributed by atoms with van der Waals surface area (Å²) in [5, 5.41) is 12.5. The van der Waals surface area contributed by atoms with Crippen molar-refractivity contribution in [2.45, 2.75) is 39.2 Å². The van der Waals surface area contributed by atoms with Gasteiger partial charge in [0.15, 0.2) is 0 Å². The van der Waals surface area contributed by atoms with E-state index in [1.807, 2.05) is 0 Å². The fraction of sp³-hybridized carbons (Fsp3) is 1.00. The van der Waals surface area contributed by atoms with Gasteiger partial charge in [-0.15, -0.1) is 0 Å². The molecule has 1 aliphatic rings. The number of nitrogens with one attached hydrogen (secondary N) is 1. The van der Waals surface area contributed by atoms with E-state index in [0.29, 0.717) is 18.6 Å². The molecule has 1 saturated carbocycles. The molecule has 2 atom stereocenters. The van der Waals surface area contributed by atoms with Gasteiger partial charge in [0, 0.05) is 12.6 Å². The van der Waals surface area contributed by atoms with Crippen molar-refractivity contribution in [3.63, 3.8) is 0 Å². The van der Waals surface area contributed by atoms with Crippen LogP contribution in [0.2, 0.25) is 0 Å². The summed E-state index contributed by atoms with van der Waals surface area (Å²) in [6.07, 6.45) is 3.62. The van der Waals surface area contributed by atoms with Crippen LogP contribution in [0, 0.1) is 11.8 Å². The number of hydrogen-bond donors (Lipinski definition) is 2. The lowest BCUT2D eigenvalue weighted by atomic mass is 10.1. The highest BCUT2D eigenvalue weighted by atomic mass is 16.3. The molecule has 0 aromatic rings. The lowest BCUT2D eigenvalue weighted by Crippen LogP contribution is -2.30. The molecule has 0 aromatic carbocycles. The Balaban J connectivity index is 2.11. The topological polar surface area (TPSA) is 32.3 Å². The van der Waals surface area contributed by atoms with Crippen molar-refractivity contribution in [2.75, 3.05) is 13.2 Å². The zero-order chi connectivity index (χ0) is 8.97. The van der Waals surface area contributed by atoms with Crippen LogP contribution in [0.15, 0.2) is 0 Å². The highest BCUT2D eigenvalue weighted by Gasteiger charge is 2.23. The van der Waals surface area contributed by atoms with Gasteiger partial charge in [-0.3, -0.25) is 0 Å². The summed E-state index contributed by atoms with van der Waals surface area (Å²) in [6, 6.07) is 0.671. The molecule has 2 heteroatoms. The molecule has 0 unspecified atom stereocenters. The van der Waals surface area contributed by atoms with Gasteiger partial charge in [0.2, 0.25) is 0 Å². The third-order valence-corrected chi connectivity index (χ3v) is 2.61. The Morgan fingerprint density at radius 3 is 2.67 bits per heavy atom. The van der Waals surface area contributed by atoms with Gasteiger partial charge in [-0.1, -0.05) is 13.8 Å². The Kier molecular flexibility index (Phi) is 4.02. The number of aliphatic hydroxyl groups excluding tert-OH is 1. The molecule has 1 aliphatic carbocycles. The molecule has 0 radical (unpaired) electrons. The molecule has 1 rings (SSSR count). The first-order chi connectivity index (χ1) is 5.72. The molecule has 0 heterocycles. The molecule has 12 heavy (non-hydrogen) atoms. The van der Waals surface area contributed by atoms with Gasteiger partial charge in [-0.2, -0.15) is 0 Å². The normalized spacial score (nSPS) is 30.0. The summed E-state index contributed by atoms with van der Waals surface area (Å²) in [5.74, 6) is 1.30. The van der Waals surface area contributed by atoms with Crippen molar-refractivity contribution >= 4 is 0 Å². The van der Waals surface area contributed by atoms with E-state index in [1.54, 1.807) is 0 Å². The van der Waals surface area contributed by atoms with Gasteiger partial charge in [-0.25, -0.2) is 0 Å². The van der Waals surface area contributed by atoms with Crippen LogP contribution in [0.1, 0.15) is 33.1 Å². The first kappa shape index (κ1) is 10.0. The second kappa shape index (κ2) is 4.83. The minimum atomic E-state index is 0.375. The third kappa shape index (κ3) is 3.11. The van der Waals surface area contributed by atoms with E-state index in [4.69, 9.17) is 5.11 Å². The molecule has 0 spiro atoms. The van der Waals surface area contributed by atoms with E-state index in [9.17, 15) is 0 Å². The molecule has 0 amide bonds. The largest absolute Gasteiger partial charge is 0.396 e. The van der Waals surface area contributed by atoms with Gasteiger partial charge in [0.25, 0.3) is 0 Å². The predicted molar refractivity (Wildman–Crippen MR) is 51.1 cm³/mol. The summed E-state index contributed by atoms with van der Waals surface area (Å²) < 4.78 is 0. The zero-order valence-corrected chi connectivity index (χ0v) is 8.21. The van der Waals surface area contributed by atoms with Crippen molar-refractivity contribution < 1.29 is 5.11 Å². The van der Waals surface area contributed by atoms with E-state index in [2.05, 4.69) is 19.2 Å². The van der Waals surface area contributed by atoms with E-state index < -0.39 is 0 Å². The molecule has 0 saturated heterocycles. The van der Waals surface area contributed by atoms with Crippen LogP contribution in [0.3, 0.4) is 0 Å². The monoisotopic (exact) mass is 171 g/mol. The van der Waals surface area contributed by atoms with Crippen LogP contribution in [0.4, 0.5) is 0 Å². The third-order valence-electron chi connectivity index (χ3n) is 2.61. The maximum Gasteiger partial charge on any atom is 0.0459 e. The molecule has 1 fully saturated rings. The standard InChI is InChI=1S/C10H21NO/c1-8(2)6-11-10-4-3-9(5-10)7-12/h8-12H,3-7H2,1-2H3/t9-,10+/m1/s1. The van der Waals surface area contributed by atoms with Crippen LogP contribution >= 0.6 is 0 Å². The smallest absolute Gasteiger partial charge is 0.0459 e. The summed E-state index contributed by atoms with van der Waals surface area (Å²) in [4.78, 5) is 0. The molecule has 2 N–H and O–H groups in total. The Morgan fingerprint density at radius 2 is 2.17 bits per heavy atom. The summed E-state index contributed by atoms with van der Waals surface area (Å²) in [6.45, 7) is 5.94. The Morgan fingerprint density at radius 1 is 1.42 bits per heavy atom. The van der Waals surface area contributed by atoms with Gasteiger partial charge in [0.1, 0.15) is 0 Å². The van der Waals surface area contributed by atoms with E-state index in [1.165, 1.54) is 19.3 Å². The number of rotatable bonds is 4. The second-order valence-corrected chi connectivity index (χ2v) is 4.36. The molecule has 0 aromatic heterocycles. The average molecular weight is 171 g/mol. The maximum atomic E-state index is 8.93. The van der Waals surface area contributed by atoms with Gasteiger partial charge in [-0.05, 0) is 37.6 Å². The van der Waals surface area contributed by atoms with Gasteiger partial charge >= 0.3 is 0 Å². The van der Waals surface area contributed by atoms with Gasteiger partial charge < -0.3 is 10.4 Å². The first-order valence-corrected chi connectivity index (χ1v) is 5.06. The average Bonchev–Trinajstić information content (AvgIpc) is 2.48. The quantitative estimate of drug-likeness (QED) is 0.670. The van der Waals surface area contributed by atoms with Gasteiger partial charge in [0.05, 0.1) is 0 Å². The van der Waals surface area contributed by atoms with Crippen LogP contribution in [-0.2, 0) is 0 Å². The van der Waals surface area contributed by atoms with E-state index in [-0.39, 0.29) is 0 Å². The lowest BCUT2D eigenvalue weighted by molar-refractivity contribution is 0.227. The van der Waals surface area contributed by atoms with Crippen molar-refractivity contribution in [1.29, 1.82) is 0 Å². The Labute approximate surface area is 75.4 Å². The molecule has 0 bridgehead atoms. The molecule has 0 aliphatic heterocycles. The SMILES string of the molecule is CC(C)CN[C@H]1CC[C@@H](CO)C1. The first-order valence-electron chi connectivity index (χ1n) is 5.06. The number of aliphatic hydroxyl groups is 1. The summed E-state index contributed by atoms with van der Waals surface area (Å²) >= 11 is 0.